The fraction of sp³-hybridized carbons (Fsp3) is 0.833. The number of ketones is 2. The van der Waals surface area contributed by atoms with E-state index in [9.17, 15) is 13.8 Å². The first-order chi connectivity index (χ1) is 14.5. The molecular weight excluding hydrogens is 411 g/mol. The van der Waals surface area contributed by atoms with Gasteiger partial charge in [0.25, 0.3) is 11.4 Å². The molecule has 0 saturated heterocycles. The first kappa shape index (κ1) is 23.4. The van der Waals surface area contributed by atoms with Gasteiger partial charge in [-0.1, -0.05) is 40.2 Å². The van der Waals surface area contributed by atoms with Gasteiger partial charge in [0.15, 0.2) is 11.6 Å². The molecule has 5 nitrogen and oxygen atoms in total. The van der Waals surface area contributed by atoms with E-state index in [1.165, 1.54) is 5.57 Å². The van der Waals surface area contributed by atoms with Crippen LogP contribution in [0.3, 0.4) is 0 Å². The number of carbonyl (C=O) groups is 2. The lowest BCUT2D eigenvalue weighted by Crippen LogP contribution is -2.61. The molecule has 0 aromatic heterocycles. The van der Waals surface area contributed by atoms with E-state index in [0.717, 1.165) is 32.1 Å². The highest BCUT2D eigenvalue weighted by Gasteiger charge is 2.68. The fourth-order valence-electron chi connectivity index (χ4n) is 8.84. The smallest absolute Gasteiger partial charge is 0.311 e. The summed E-state index contributed by atoms with van der Waals surface area (Å²) in [7, 11) is 4.89. The minimum atomic E-state index is -2.09. The molecule has 5 unspecified atom stereocenters. The van der Waals surface area contributed by atoms with Gasteiger partial charge in [0, 0.05) is 12.3 Å². The van der Waals surface area contributed by atoms with Crippen LogP contribution in [0, 0.1) is 45.8 Å². The van der Waals surface area contributed by atoms with Gasteiger partial charge >= 0.3 is 8.05 Å². The third-order valence-corrected chi connectivity index (χ3v) is 10.8. The lowest BCUT2D eigenvalue weighted by atomic mass is 9.37. The molecule has 31 heavy (non-hydrogen) atoms. The van der Waals surface area contributed by atoms with Crippen molar-refractivity contribution >= 4 is 31.0 Å². The van der Waals surface area contributed by atoms with Crippen LogP contribution in [0.1, 0.15) is 73.1 Å². The molecule has 170 valence electrons. The van der Waals surface area contributed by atoms with Crippen LogP contribution >= 0.6 is 0 Å². The first-order valence-electron chi connectivity index (χ1n) is 11.7. The van der Waals surface area contributed by atoms with Gasteiger partial charge in [0.05, 0.1) is 0 Å². The van der Waals surface area contributed by atoms with E-state index in [2.05, 4.69) is 38.7 Å². The fourth-order valence-corrected chi connectivity index (χ4v) is 9.11. The molecule has 0 N–H and O–H groups in total. The van der Waals surface area contributed by atoms with Crippen molar-refractivity contribution in [1.29, 1.82) is 0 Å². The predicted octanol–water partition coefficient (Wildman–Crippen LogP) is 4.28. The summed E-state index contributed by atoms with van der Waals surface area (Å²) in [4.78, 5) is 25.4. The normalized spacial score (nSPS) is 47.7. The van der Waals surface area contributed by atoms with Crippen molar-refractivity contribution in [2.45, 2.75) is 73.1 Å². The van der Waals surface area contributed by atoms with Crippen LogP contribution in [-0.2, 0) is 29.2 Å². The third-order valence-electron chi connectivity index (χ3n) is 10.3. The van der Waals surface area contributed by atoms with Crippen molar-refractivity contribution in [3.05, 3.63) is 11.6 Å². The molecule has 0 spiro atoms. The summed E-state index contributed by atoms with van der Waals surface area (Å²) in [5.41, 5.74) is 1.42. The minimum absolute atomic E-state index is 0.00423. The van der Waals surface area contributed by atoms with Gasteiger partial charge in [0.2, 0.25) is 0 Å². The van der Waals surface area contributed by atoms with Gasteiger partial charge < -0.3 is 4.10 Å². The lowest BCUT2D eigenvalue weighted by molar-refractivity contribution is -0.161. The molecule has 7 heteroatoms. The zero-order valence-electron chi connectivity index (χ0n) is 19.4. The SMILES string of the molecule is [B]OS(=O)OCC(=O)C1C(C)CC2C3CCC4=CC(=O)CC[C@]4(C)[C@@]3(C)[C@@H](C)C[C@@]21C. The quantitative estimate of drug-likeness (QED) is 0.590. The molecule has 4 aliphatic rings. The van der Waals surface area contributed by atoms with Crippen LogP contribution in [0.2, 0.25) is 0 Å². The largest absolute Gasteiger partial charge is 0.346 e. The summed E-state index contributed by atoms with van der Waals surface area (Å²) in [6.45, 7) is 11.5. The number of carbonyl (C=O) groups excluding carboxylic acids is 2. The van der Waals surface area contributed by atoms with Crippen LogP contribution in [0.25, 0.3) is 0 Å². The van der Waals surface area contributed by atoms with Gasteiger partial charge in [-0.2, -0.15) is 4.21 Å². The van der Waals surface area contributed by atoms with E-state index < -0.39 is 11.4 Å². The lowest BCUT2D eigenvalue weighted by Gasteiger charge is -2.67. The summed E-state index contributed by atoms with van der Waals surface area (Å²) in [5.74, 6) is 1.85. The zero-order chi connectivity index (χ0) is 22.8. The first-order valence-corrected chi connectivity index (χ1v) is 12.7. The van der Waals surface area contributed by atoms with Crippen molar-refractivity contribution in [3.63, 3.8) is 0 Å². The summed E-state index contributed by atoms with van der Waals surface area (Å²) < 4.78 is 20.6. The average molecular weight is 446 g/mol. The number of Topliss-reactive ketones (excluding diaryl/α,β-unsaturated/α-hetero) is 1. The number of hydrogen-bond donors (Lipinski definition) is 0. The third kappa shape index (κ3) is 3.28. The molecule has 0 aliphatic heterocycles. The topological polar surface area (TPSA) is 69.7 Å². The van der Waals surface area contributed by atoms with Gasteiger partial charge in [0.1, 0.15) is 6.61 Å². The van der Waals surface area contributed by atoms with Crippen LogP contribution in [0.5, 0.6) is 0 Å². The second-order valence-corrected chi connectivity index (χ2v) is 12.2. The molecular formula is C24H35BO5S. The number of rotatable bonds is 5. The summed E-state index contributed by atoms with van der Waals surface area (Å²) in [6, 6.07) is 0. The van der Waals surface area contributed by atoms with E-state index in [0.29, 0.717) is 24.2 Å². The number of hydrogen-bond acceptors (Lipinski definition) is 5. The van der Waals surface area contributed by atoms with E-state index in [4.69, 9.17) is 12.2 Å². The molecule has 0 heterocycles. The van der Waals surface area contributed by atoms with Gasteiger partial charge in [-0.15, -0.1) is 0 Å². The van der Waals surface area contributed by atoms with Crippen LogP contribution in [0.15, 0.2) is 11.6 Å². The Morgan fingerprint density at radius 3 is 2.61 bits per heavy atom. The van der Waals surface area contributed by atoms with Gasteiger partial charge in [-0.05, 0) is 78.1 Å². The van der Waals surface area contributed by atoms with Crippen molar-refractivity contribution in [3.8, 4) is 0 Å². The molecule has 2 radical (unpaired) electrons. The van der Waals surface area contributed by atoms with Gasteiger partial charge in [-0.3, -0.25) is 13.8 Å². The van der Waals surface area contributed by atoms with Crippen LogP contribution in [-0.4, -0.2) is 30.4 Å². The predicted molar refractivity (Wildman–Crippen MR) is 120 cm³/mol. The molecule has 0 bridgehead atoms. The Balaban J connectivity index is 1.67. The second-order valence-electron chi connectivity index (χ2n) is 11.3. The maximum Gasteiger partial charge on any atom is 0.311 e. The summed E-state index contributed by atoms with van der Waals surface area (Å²) in [5, 5.41) is 0. The Kier molecular flexibility index (Phi) is 5.97. The maximum absolute atomic E-state index is 13.2. The minimum Gasteiger partial charge on any atom is -0.346 e. The zero-order valence-corrected chi connectivity index (χ0v) is 20.3. The van der Waals surface area contributed by atoms with Crippen molar-refractivity contribution in [1.82, 2.24) is 0 Å². The highest BCUT2D eigenvalue weighted by Crippen LogP contribution is 2.74. The Morgan fingerprint density at radius 2 is 1.94 bits per heavy atom. The highest BCUT2D eigenvalue weighted by atomic mass is 32.2. The summed E-state index contributed by atoms with van der Waals surface area (Å²) in [6.07, 6.45) is 7.63. The standard InChI is InChI=1S/C24H35BO5S/c1-14-10-19-18-7-6-16-11-17(26)8-9-23(16,4)24(18,5)15(2)12-22(19,3)21(14)20(27)13-29-31(28)30-25/h11,14-15,18-19,21H,6-10,12-13H2,1-5H3/t14?,15-,18?,19?,21?,22-,23-,24-,31?/m0/s1. The molecule has 0 amide bonds. The molecule has 0 aromatic rings. The van der Waals surface area contributed by atoms with E-state index >= 15 is 0 Å². The van der Waals surface area contributed by atoms with Crippen molar-refractivity contribution in [2.24, 2.45) is 45.8 Å². The maximum atomic E-state index is 13.2. The molecule has 3 fully saturated rings. The Hall–Kier alpha value is -0.785. The molecule has 3 saturated carbocycles. The molecule has 0 aromatic carbocycles. The Morgan fingerprint density at radius 1 is 1.23 bits per heavy atom. The number of allylic oxidation sites excluding steroid dienone is 1. The number of fused-ring (bicyclic) bond motifs is 5. The molecule has 9 atom stereocenters. The second kappa shape index (κ2) is 7.91. The monoisotopic (exact) mass is 446 g/mol. The Bertz CT molecular complexity index is 842. The highest BCUT2D eigenvalue weighted by molar-refractivity contribution is 7.75. The molecule has 4 aliphatic carbocycles. The average Bonchev–Trinajstić information content (AvgIpc) is 2.97. The van der Waals surface area contributed by atoms with Crippen molar-refractivity contribution < 1.29 is 22.1 Å². The van der Waals surface area contributed by atoms with Crippen molar-refractivity contribution in [2.75, 3.05) is 6.61 Å². The van der Waals surface area contributed by atoms with Crippen LogP contribution in [0.4, 0.5) is 0 Å². The molecule has 4 rings (SSSR count). The van der Waals surface area contributed by atoms with Crippen LogP contribution < -0.4 is 0 Å². The Labute approximate surface area is 190 Å². The van der Waals surface area contributed by atoms with E-state index in [-0.39, 0.29) is 46.3 Å². The van der Waals surface area contributed by atoms with E-state index in [1.807, 2.05) is 6.08 Å². The van der Waals surface area contributed by atoms with Gasteiger partial charge in [-0.25, -0.2) is 0 Å². The summed E-state index contributed by atoms with van der Waals surface area (Å²) >= 11 is -2.09. The van der Waals surface area contributed by atoms with E-state index in [1.54, 1.807) is 0 Å².